The first-order valence-corrected chi connectivity index (χ1v) is 5.90. The summed E-state index contributed by atoms with van der Waals surface area (Å²) >= 11 is 3.38. The van der Waals surface area contributed by atoms with E-state index in [-0.39, 0.29) is 5.97 Å². The van der Waals surface area contributed by atoms with Crippen molar-refractivity contribution in [2.45, 2.75) is 26.3 Å². The standard InChI is InChI=1S/C10H13BrN2O2/c1-2-15-10(14)8-5-12-13(9(8)11)6-7-3-4-7/h5,7H,2-4,6H2,1H3. The van der Waals surface area contributed by atoms with E-state index in [9.17, 15) is 4.79 Å². The minimum Gasteiger partial charge on any atom is -0.462 e. The summed E-state index contributed by atoms with van der Waals surface area (Å²) in [6.45, 7) is 3.07. The maximum atomic E-state index is 11.5. The van der Waals surface area contributed by atoms with E-state index < -0.39 is 0 Å². The van der Waals surface area contributed by atoms with E-state index in [1.807, 2.05) is 4.68 Å². The molecule has 0 bridgehead atoms. The van der Waals surface area contributed by atoms with Gasteiger partial charge < -0.3 is 4.74 Å². The monoisotopic (exact) mass is 272 g/mol. The van der Waals surface area contributed by atoms with Crippen LogP contribution >= 0.6 is 15.9 Å². The van der Waals surface area contributed by atoms with Gasteiger partial charge in [-0.3, -0.25) is 4.68 Å². The molecular weight excluding hydrogens is 260 g/mol. The summed E-state index contributed by atoms with van der Waals surface area (Å²) in [7, 11) is 0. The predicted octanol–water partition coefficient (Wildman–Crippen LogP) is 2.23. The van der Waals surface area contributed by atoms with Crippen molar-refractivity contribution in [3.8, 4) is 0 Å². The van der Waals surface area contributed by atoms with Gasteiger partial charge in [-0.1, -0.05) is 0 Å². The van der Waals surface area contributed by atoms with Crippen LogP contribution in [0, 0.1) is 5.92 Å². The minimum atomic E-state index is -0.313. The van der Waals surface area contributed by atoms with Crippen LogP contribution in [0.2, 0.25) is 0 Å². The fraction of sp³-hybridized carbons (Fsp3) is 0.600. The van der Waals surface area contributed by atoms with Gasteiger partial charge in [-0.25, -0.2) is 4.79 Å². The van der Waals surface area contributed by atoms with Gasteiger partial charge in [0, 0.05) is 6.54 Å². The van der Waals surface area contributed by atoms with E-state index in [2.05, 4.69) is 21.0 Å². The molecule has 1 heterocycles. The Morgan fingerprint density at radius 1 is 1.73 bits per heavy atom. The molecule has 0 N–H and O–H groups in total. The molecule has 0 atom stereocenters. The van der Waals surface area contributed by atoms with Crippen LogP contribution in [-0.2, 0) is 11.3 Å². The van der Waals surface area contributed by atoms with Gasteiger partial charge in [0.15, 0.2) is 0 Å². The van der Waals surface area contributed by atoms with Crippen molar-refractivity contribution >= 4 is 21.9 Å². The number of carbonyl (C=O) groups excluding carboxylic acids is 1. The first-order chi connectivity index (χ1) is 7.22. The summed E-state index contributed by atoms with van der Waals surface area (Å²) in [6.07, 6.45) is 4.09. The Bertz CT molecular complexity index is 371. The van der Waals surface area contributed by atoms with Gasteiger partial charge in [0.1, 0.15) is 10.2 Å². The molecule has 5 heteroatoms. The highest BCUT2D eigenvalue weighted by atomic mass is 79.9. The van der Waals surface area contributed by atoms with Gasteiger partial charge in [0.25, 0.3) is 0 Å². The smallest absolute Gasteiger partial charge is 0.342 e. The molecule has 0 amide bonds. The number of hydrogen-bond donors (Lipinski definition) is 0. The van der Waals surface area contributed by atoms with Gasteiger partial charge in [-0.2, -0.15) is 5.10 Å². The maximum absolute atomic E-state index is 11.5. The van der Waals surface area contributed by atoms with Crippen LogP contribution < -0.4 is 0 Å². The Kier molecular flexibility index (Phi) is 3.09. The van der Waals surface area contributed by atoms with E-state index in [4.69, 9.17) is 4.74 Å². The number of halogens is 1. The molecule has 1 fully saturated rings. The molecule has 1 aromatic heterocycles. The quantitative estimate of drug-likeness (QED) is 0.790. The lowest BCUT2D eigenvalue weighted by molar-refractivity contribution is 0.0525. The molecule has 82 valence electrons. The van der Waals surface area contributed by atoms with E-state index in [0.29, 0.717) is 12.2 Å². The Labute approximate surface area is 96.7 Å². The molecule has 1 saturated carbocycles. The van der Waals surface area contributed by atoms with Gasteiger partial charge in [0.2, 0.25) is 0 Å². The van der Waals surface area contributed by atoms with Crippen molar-refractivity contribution < 1.29 is 9.53 Å². The molecule has 0 unspecified atom stereocenters. The zero-order chi connectivity index (χ0) is 10.8. The Balaban J connectivity index is 2.11. The molecule has 1 aromatic rings. The van der Waals surface area contributed by atoms with E-state index in [1.54, 1.807) is 13.1 Å². The molecule has 15 heavy (non-hydrogen) atoms. The van der Waals surface area contributed by atoms with Gasteiger partial charge >= 0.3 is 5.97 Å². The first-order valence-electron chi connectivity index (χ1n) is 5.10. The molecular formula is C10H13BrN2O2. The average Bonchev–Trinajstić information content (AvgIpc) is 2.93. The summed E-state index contributed by atoms with van der Waals surface area (Å²) < 4.78 is 7.47. The summed E-state index contributed by atoms with van der Waals surface area (Å²) in [5, 5.41) is 4.17. The van der Waals surface area contributed by atoms with E-state index in [0.717, 1.165) is 17.1 Å². The van der Waals surface area contributed by atoms with Crippen molar-refractivity contribution in [3.05, 3.63) is 16.4 Å². The fourth-order valence-electron chi connectivity index (χ4n) is 1.39. The van der Waals surface area contributed by atoms with Crippen LogP contribution in [0.5, 0.6) is 0 Å². The normalized spacial score (nSPS) is 15.3. The summed E-state index contributed by atoms with van der Waals surface area (Å²) in [6, 6.07) is 0. The van der Waals surface area contributed by atoms with E-state index in [1.165, 1.54) is 12.8 Å². The first kappa shape index (κ1) is 10.7. The second-order valence-electron chi connectivity index (χ2n) is 3.70. The highest BCUT2D eigenvalue weighted by molar-refractivity contribution is 9.10. The maximum Gasteiger partial charge on any atom is 0.342 e. The van der Waals surface area contributed by atoms with Crippen molar-refractivity contribution in [2.24, 2.45) is 5.92 Å². The molecule has 1 aliphatic rings. The molecule has 1 aliphatic carbocycles. The SMILES string of the molecule is CCOC(=O)c1cnn(CC2CC2)c1Br. The van der Waals surface area contributed by atoms with Crippen molar-refractivity contribution in [2.75, 3.05) is 6.61 Å². The molecule has 0 aromatic carbocycles. The third-order valence-electron chi connectivity index (χ3n) is 2.40. The second-order valence-corrected chi connectivity index (χ2v) is 4.45. The average molecular weight is 273 g/mol. The number of rotatable bonds is 4. The minimum absolute atomic E-state index is 0.313. The number of carbonyl (C=O) groups is 1. The third-order valence-corrected chi connectivity index (χ3v) is 3.24. The lowest BCUT2D eigenvalue weighted by Gasteiger charge is -2.02. The topological polar surface area (TPSA) is 44.1 Å². The number of ether oxygens (including phenoxy) is 1. The fourth-order valence-corrected chi connectivity index (χ4v) is 1.89. The van der Waals surface area contributed by atoms with Crippen LogP contribution in [0.1, 0.15) is 30.1 Å². The summed E-state index contributed by atoms with van der Waals surface area (Å²) in [4.78, 5) is 11.5. The zero-order valence-corrected chi connectivity index (χ0v) is 10.2. The highest BCUT2D eigenvalue weighted by Gasteiger charge is 2.24. The molecule has 0 spiro atoms. The van der Waals surface area contributed by atoms with Gasteiger partial charge in [-0.05, 0) is 41.6 Å². The molecule has 4 nitrogen and oxygen atoms in total. The molecule has 0 saturated heterocycles. The predicted molar refractivity (Wildman–Crippen MR) is 58.6 cm³/mol. The zero-order valence-electron chi connectivity index (χ0n) is 8.57. The summed E-state index contributed by atoms with van der Waals surface area (Å²) in [5.41, 5.74) is 0.512. The van der Waals surface area contributed by atoms with Crippen LogP contribution in [0.25, 0.3) is 0 Å². The van der Waals surface area contributed by atoms with Gasteiger partial charge in [0.05, 0.1) is 12.8 Å². The third kappa shape index (κ3) is 2.40. The molecule has 0 radical (unpaired) electrons. The van der Waals surface area contributed by atoms with Crippen molar-refractivity contribution in [1.82, 2.24) is 9.78 Å². The van der Waals surface area contributed by atoms with Crippen LogP contribution in [0.4, 0.5) is 0 Å². The van der Waals surface area contributed by atoms with Crippen LogP contribution in [-0.4, -0.2) is 22.4 Å². The number of nitrogens with zero attached hydrogens (tertiary/aromatic N) is 2. The van der Waals surface area contributed by atoms with Crippen LogP contribution in [0.15, 0.2) is 10.8 Å². The van der Waals surface area contributed by atoms with Gasteiger partial charge in [-0.15, -0.1) is 0 Å². The second kappa shape index (κ2) is 4.35. The largest absolute Gasteiger partial charge is 0.462 e. The van der Waals surface area contributed by atoms with E-state index >= 15 is 0 Å². The number of aromatic nitrogens is 2. The highest BCUT2D eigenvalue weighted by Crippen LogP contribution is 2.32. The number of hydrogen-bond acceptors (Lipinski definition) is 3. The Morgan fingerprint density at radius 2 is 2.47 bits per heavy atom. The lowest BCUT2D eigenvalue weighted by Crippen LogP contribution is -2.06. The van der Waals surface area contributed by atoms with Crippen molar-refractivity contribution in [1.29, 1.82) is 0 Å². The summed E-state index contributed by atoms with van der Waals surface area (Å²) in [5.74, 6) is 0.419. The van der Waals surface area contributed by atoms with Crippen molar-refractivity contribution in [3.63, 3.8) is 0 Å². The Hall–Kier alpha value is -0.840. The Morgan fingerprint density at radius 3 is 3.07 bits per heavy atom. The van der Waals surface area contributed by atoms with Crippen LogP contribution in [0.3, 0.4) is 0 Å². The molecule has 2 rings (SSSR count). The number of esters is 1. The lowest BCUT2D eigenvalue weighted by atomic mass is 10.3. The molecule has 0 aliphatic heterocycles.